The van der Waals surface area contributed by atoms with E-state index < -0.39 is 0 Å². The molecule has 2 aromatic heterocycles. The lowest BCUT2D eigenvalue weighted by Crippen LogP contribution is -1.96. The molecule has 22 heavy (non-hydrogen) atoms. The van der Waals surface area contributed by atoms with Crippen molar-refractivity contribution in [2.75, 3.05) is 6.26 Å². The Morgan fingerprint density at radius 2 is 1.77 bits per heavy atom. The molecule has 0 spiro atoms. The number of nitrogens with zero attached hydrogens (tertiary/aromatic N) is 3. The van der Waals surface area contributed by atoms with Gasteiger partial charge in [-0.1, -0.05) is 17.7 Å². The van der Waals surface area contributed by atoms with Crippen LogP contribution in [0.15, 0.2) is 53.6 Å². The van der Waals surface area contributed by atoms with Crippen LogP contribution < -0.4 is 0 Å². The number of fused-ring (bicyclic) bond motifs is 3. The maximum Gasteiger partial charge on any atom is 0.167 e. The SMILES string of the molecule is CSc1ccc2c(c1)c1cn(C)nc1n2-c1ccc(C)cc1. The minimum absolute atomic E-state index is 1.01. The molecule has 0 fully saturated rings. The standard InChI is InChI=1S/C18H17N3S/c1-12-4-6-13(7-5-12)21-17-9-8-14(22-3)10-15(17)16-11-20(2)19-18(16)21/h4-11H,1-3H3. The summed E-state index contributed by atoms with van der Waals surface area (Å²) >= 11 is 1.77. The quantitative estimate of drug-likeness (QED) is 0.507. The first-order valence-electron chi connectivity index (χ1n) is 7.26. The van der Waals surface area contributed by atoms with Gasteiger partial charge >= 0.3 is 0 Å². The van der Waals surface area contributed by atoms with Gasteiger partial charge in [-0.3, -0.25) is 9.25 Å². The summed E-state index contributed by atoms with van der Waals surface area (Å²) in [6, 6.07) is 15.2. The van der Waals surface area contributed by atoms with E-state index in [2.05, 4.69) is 71.5 Å². The molecular formula is C18H17N3S. The monoisotopic (exact) mass is 307 g/mol. The molecule has 0 unspecified atom stereocenters. The van der Waals surface area contributed by atoms with Crippen LogP contribution >= 0.6 is 11.8 Å². The van der Waals surface area contributed by atoms with E-state index in [1.165, 1.54) is 26.7 Å². The van der Waals surface area contributed by atoms with Crippen LogP contribution in [0.4, 0.5) is 0 Å². The lowest BCUT2D eigenvalue weighted by molar-refractivity contribution is 0.771. The molecule has 0 aliphatic heterocycles. The van der Waals surface area contributed by atoms with Crippen LogP contribution in [0.2, 0.25) is 0 Å². The van der Waals surface area contributed by atoms with Gasteiger partial charge < -0.3 is 0 Å². The molecule has 4 rings (SSSR count). The third-order valence-corrected chi connectivity index (χ3v) is 4.77. The van der Waals surface area contributed by atoms with Crippen LogP contribution in [0.3, 0.4) is 0 Å². The summed E-state index contributed by atoms with van der Waals surface area (Å²) in [5.41, 5.74) is 4.64. The van der Waals surface area contributed by atoms with Gasteiger partial charge in [-0.15, -0.1) is 11.8 Å². The van der Waals surface area contributed by atoms with Gasteiger partial charge in [-0.05, 0) is 43.5 Å². The van der Waals surface area contributed by atoms with Crippen molar-refractivity contribution in [1.29, 1.82) is 0 Å². The molecule has 0 radical (unpaired) electrons. The highest BCUT2D eigenvalue weighted by atomic mass is 32.2. The van der Waals surface area contributed by atoms with Crippen molar-refractivity contribution in [3.8, 4) is 5.69 Å². The molecular weight excluding hydrogens is 290 g/mol. The van der Waals surface area contributed by atoms with Gasteiger partial charge in [0, 0.05) is 34.6 Å². The fraction of sp³-hybridized carbons (Fsp3) is 0.167. The average molecular weight is 307 g/mol. The molecule has 0 aliphatic carbocycles. The second kappa shape index (κ2) is 4.92. The topological polar surface area (TPSA) is 22.8 Å². The first-order valence-corrected chi connectivity index (χ1v) is 8.49. The summed E-state index contributed by atoms with van der Waals surface area (Å²) in [5, 5.41) is 7.14. The van der Waals surface area contributed by atoms with Crippen molar-refractivity contribution in [3.63, 3.8) is 0 Å². The van der Waals surface area contributed by atoms with E-state index in [0.29, 0.717) is 0 Å². The smallest absolute Gasteiger partial charge is 0.167 e. The Morgan fingerprint density at radius 3 is 2.50 bits per heavy atom. The largest absolute Gasteiger partial charge is 0.292 e. The zero-order valence-electron chi connectivity index (χ0n) is 12.9. The highest BCUT2D eigenvalue weighted by molar-refractivity contribution is 7.98. The molecule has 2 heterocycles. The molecule has 0 saturated carbocycles. The number of aryl methyl sites for hydroxylation is 2. The molecule has 4 heteroatoms. The minimum Gasteiger partial charge on any atom is -0.292 e. The fourth-order valence-electron chi connectivity index (χ4n) is 2.95. The summed E-state index contributed by atoms with van der Waals surface area (Å²) in [5.74, 6) is 0. The lowest BCUT2D eigenvalue weighted by Gasteiger charge is -2.07. The number of hydrogen-bond acceptors (Lipinski definition) is 2. The molecule has 0 aliphatic rings. The summed E-state index contributed by atoms with van der Waals surface area (Å²) in [4.78, 5) is 1.28. The predicted molar refractivity (Wildman–Crippen MR) is 94.1 cm³/mol. The average Bonchev–Trinajstić information content (AvgIpc) is 3.03. The van der Waals surface area contributed by atoms with Crippen molar-refractivity contribution in [3.05, 3.63) is 54.2 Å². The Morgan fingerprint density at radius 1 is 1.00 bits per heavy atom. The van der Waals surface area contributed by atoms with Gasteiger partial charge in [0.2, 0.25) is 0 Å². The molecule has 4 aromatic rings. The van der Waals surface area contributed by atoms with Crippen molar-refractivity contribution in [2.24, 2.45) is 7.05 Å². The Bertz CT molecular complexity index is 977. The zero-order valence-corrected chi connectivity index (χ0v) is 13.7. The van der Waals surface area contributed by atoms with Crippen LogP contribution in [0.5, 0.6) is 0 Å². The normalized spacial score (nSPS) is 11.6. The Kier molecular flexibility index (Phi) is 3.01. The third-order valence-electron chi connectivity index (χ3n) is 4.05. The van der Waals surface area contributed by atoms with Crippen LogP contribution in [-0.2, 0) is 7.05 Å². The number of hydrogen-bond donors (Lipinski definition) is 0. The highest BCUT2D eigenvalue weighted by Crippen LogP contribution is 2.33. The van der Waals surface area contributed by atoms with E-state index in [4.69, 9.17) is 0 Å². The Hall–Kier alpha value is -2.20. The molecule has 0 amide bonds. The minimum atomic E-state index is 1.01. The maximum absolute atomic E-state index is 4.68. The van der Waals surface area contributed by atoms with E-state index in [1.54, 1.807) is 11.8 Å². The number of rotatable bonds is 2. The maximum atomic E-state index is 4.68. The first kappa shape index (κ1) is 13.5. The fourth-order valence-corrected chi connectivity index (χ4v) is 3.39. The van der Waals surface area contributed by atoms with E-state index in [9.17, 15) is 0 Å². The van der Waals surface area contributed by atoms with Gasteiger partial charge in [0.15, 0.2) is 5.65 Å². The van der Waals surface area contributed by atoms with Crippen molar-refractivity contribution >= 4 is 33.7 Å². The third kappa shape index (κ3) is 1.95. The van der Waals surface area contributed by atoms with E-state index >= 15 is 0 Å². The first-order chi connectivity index (χ1) is 10.7. The van der Waals surface area contributed by atoms with E-state index in [0.717, 1.165) is 11.3 Å². The molecule has 0 atom stereocenters. The Labute approximate surface area is 133 Å². The zero-order chi connectivity index (χ0) is 15.3. The van der Waals surface area contributed by atoms with Crippen LogP contribution in [0, 0.1) is 6.92 Å². The molecule has 2 aromatic carbocycles. The summed E-state index contributed by atoms with van der Waals surface area (Å²) in [6.45, 7) is 2.11. The van der Waals surface area contributed by atoms with Gasteiger partial charge in [0.1, 0.15) is 0 Å². The summed E-state index contributed by atoms with van der Waals surface area (Å²) < 4.78 is 4.13. The van der Waals surface area contributed by atoms with Gasteiger partial charge in [-0.2, -0.15) is 5.10 Å². The molecule has 0 saturated heterocycles. The van der Waals surface area contributed by atoms with Gasteiger partial charge in [0.05, 0.1) is 5.52 Å². The molecule has 0 bridgehead atoms. The van der Waals surface area contributed by atoms with E-state index in [-0.39, 0.29) is 0 Å². The van der Waals surface area contributed by atoms with Gasteiger partial charge in [0.25, 0.3) is 0 Å². The van der Waals surface area contributed by atoms with Crippen molar-refractivity contribution in [1.82, 2.24) is 14.3 Å². The van der Waals surface area contributed by atoms with Gasteiger partial charge in [-0.25, -0.2) is 0 Å². The number of aromatic nitrogens is 3. The summed E-state index contributed by atoms with van der Waals surface area (Å²) in [6.07, 6.45) is 4.21. The molecule has 0 N–H and O–H groups in total. The molecule has 110 valence electrons. The number of benzene rings is 2. The van der Waals surface area contributed by atoms with Crippen molar-refractivity contribution in [2.45, 2.75) is 11.8 Å². The summed E-state index contributed by atoms with van der Waals surface area (Å²) in [7, 11) is 1.98. The number of thioether (sulfide) groups is 1. The lowest BCUT2D eigenvalue weighted by atomic mass is 10.2. The second-order valence-electron chi connectivity index (χ2n) is 5.59. The van der Waals surface area contributed by atoms with Crippen LogP contribution in [0.25, 0.3) is 27.6 Å². The Balaban J connectivity index is 2.12. The van der Waals surface area contributed by atoms with Crippen LogP contribution in [0.1, 0.15) is 5.56 Å². The molecule has 3 nitrogen and oxygen atoms in total. The van der Waals surface area contributed by atoms with Crippen LogP contribution in [-0.4, -0.2) is 20.6 Å². The van der Waals surface area contributed by atoms with Crippen molar-refractivity contribution < 1.29 is 0 Å². The second-order valence-corrected chi connectivity index (χ2v) is 6.47. The predicted octanol–water partition coefficient (Wildman–Crippen LogP) is 4.55. The van der Waals surface area contributed by atoms with E-state index in [1.807, 2.05) is 11.7 Å². The highest BCUT2D eigenvalue weighted by Gasteiger charge is 2.15.